The Balaban J connectivity index is 1.77. The summed E-state index contributed by atoms with van der Waals surface area (Å²) in [5, 5.41) is 12.9. The molecule has 0 radical (unpaired) electrons. The first-order valence-corrected chi connectivity index (χ1v) is 17.2. The molecule has 0 aliphatic carbocycles. The molecule has 2 saturated heterocycles. The minimum Gasteiger partial charge on any atom is -0.432 e. The second-order valence-electron chi connectivity index (χ2n) is 12.1. The van der Waals surface area contributed by atoms with Gasteiger partial charge in [0.05, 0.1) is 18.3 Å². The Morgan fingerprint density at radius 2 is 1.97 bits per heavy atom. The lowest BCUT2D eigenvalue weighted by atomic mass is 9.82. The van der Waals surface area contributed by atoms with Gasteiger partial charge in [-0.3, -0.25) is 9.59 Å². The number of piperazine rings is 1. The Morgan fingerprint density at radius 1 is 1.23 bits per heavy atom. The summed E-state index contributed by atoms with van der Waals surface area (Å²) in [6.45, 7) is 13.9. The van der Waals surface area contributed by atoms with E-state index in [1.54, 1.807) is 9.80 Å². The van der Waals surface area contributed by atoms with Crippen LogP contribution < -0.4 is 15.1 Å². The lowest BCUT2D eigenvalue weighted by Gasteiger charge is -2.33. The Bertz CT molecular complexity index is 1160. The molecule has 8 nitrogen and oxygen atoms in total. The molecule has 3 aliphatic rings. The molecule has 214 valence electrons. The van der Waals surface area contributed by atoms with Gasteiger partial charge in [-0.1, -0.05) is 30.2 Å². The van der Waals surface area contributed by atoms with Crippen LogP contribution in [-0.4, -0.2) is 68.9 Å². The van der Waals surface area contributed by atoms with Gasteiger partial charge in [0, 0.05) is 49.0 Å². The Morgan fingerprint density at radius 3 is 2.62 bits per heavy atom. The highest BCUT2D eigenvalue weighted by Gasteiger charge is 2.66. The van der Waals surface area contributed by atoms with Crippen LogP contribution in [0.5, 0.6) is 0 Å². The predicted octanol–water partition coefficient (Wildman–Crippen LogP) is 3.84. The molecular formula is C30H45N3O5Si. The average Bonchev–Trinajstić information content (AvgIpc) is 3.29. The van der Waals surface area contributed by atoms with E-state index in [0.717, 1.165) is 29.8 Å². The fourth-order valence-corrected chi connectivity index (χ4v) is 9.23. The van der Waals surface area contributed by atoms with Crippen molar-refractivity contribution in [3.05, 3.63) is 47.1 Å². The van der Waals surface area contributed by atoms with E-state index >= 15 is 0 Å². The van der Waals surface area contributed by atoms with Crippen molar-refractivity contribution < 1.29 is 24.2 Å². The van der Waals surface area contributed by atoms with Gasteiger partial charge in [0.1, 0.15) is 0 Å². The Kier molecular flexibility index (Phi) is 8.88. The number of hydrogen-bond donors (Lipinski definition) is 3. The predicted molar refractivity (Wildman–Crippen MR) is 157 cm³/mol. The number of nitrogens with zero attached hydrogens (tertiary/aromatic N) is 2. The van der Waals surface area contributed by atoms with E-state index in [9.17, 15) is 19.5 Å². The van der Waals surface area contributed by atoms with Gasteiger partial charge >= 0.3 is 0 Å². The minimum absolute atomic E-state index is 0.00771. The van der Waals surface area contributed by atoms with Gasteiger partial charge in [0.15, 0.2) is 13.9 Å². The SMILES string of the molecule is CC(C)=CCC/C(C)=C/CN1C(=O)[C@]2(O[C@H](CCO)[C@@H]([Si](C)(C)O)[C@@H]2C)c2cc(N3CCNCC3=O)ccc21. The van der Waals surface area contributed by atoms with Crippen LogP contribution in [0.1, 0.15) is 52.5 Å². The molecule has 0 unspecified atom stereocenters. The summed E-state index contributed by atoms with van der Waals surface area (Å²) < 4.78 is 6.72. The minimum atomic E-state index is -2.77. The number of rotatable bonds is 9. The van der Waals surface area contributed by atoms with Gasteiger partial charge in [-0.05, 0) is 71.3 Å². The molecule has 1 aromatic carbocycles. The van der Waals surface area contributed by atoms with Crippen LogP contribution in [0.15, 0.2) is 41.5 Å². The fourth-order valence-electron chi connectivity index (χ4n) is 6.63. The van der Waals surface area contributed by atoms with E-state index in [1.165, 1.54) is 11.1 Å². The number of aliphatic hydroxyl groups excluding tert-OH is 1. The van der Waals surface area contributed by atoms with E-state index in [0.29, 0.717) is 26.1 Å². The summed E-state index contributed by atoms with van der Waals surface area (Å²) in [6.07, 6.45) is 6.14. The van der Waals surface area contributed by atoms with Crippen LogP contribution >= 0.6 is 0 Å². The maximum Gasteiger partial charge on any atom is 0.264 e. The van der Waals surface area contributed by atoms with Gasteiger partial charge in [0.25, 0.3) is 5.91 Å². The average molecular weight is 556 g/mol. The molecule has 4 rings (SSSR count). The normalized spacial score (nSPS) is 27.5. The van der Waals surface area contributed by atoms with Crippen molar-refractivity contribution in [3.63, 3.8) is 0 Å². The van der Waals surface area contributed by atoms with Crippen LogP contribution in [0.4, 0.5) is 11.4 Å². The molecule has 0 aromatic heterocycles. The summed E-state index contributed by atoms with van der Waals surface area (Å²) in [6, 6.07) is 5.80. The molecule has 2 fully saturated rings. The highest BCUT2D eigenvalue weighted by Crippen LogP contribution is 2.60. The summed E-state index contributed by atoms with van der Waals surface area (Å²) >= 11 is 0. The quantitative estimate of drug-likeness (QED) is 0.316. The fraction of sp³-hybridized carbons (Fsp3) is 0.600. The van der Waals surface area contributed by atoms with Crippen molar-refractivity contribution in [3.8, 4) is 0 Å². The topological polar surface area (TPSA) is 102 Å². The van der Waals surface area contributed by atoms with Gasteiger partial charge in [-0.15, -0.1) is 0 Å². The number of benzene rings is 1. The van der Waals surface area contributed by atoms with Crippen molar-refractivity contribution in [2.24, 2.45) is 5.92 Å². The lowest BCUT2D eigenvalue weighted by molar-refractivity contribution is -0.146. The molecule has 3 heterocycles. The van der Waals surface area contributed by atoms with E-state index in [1.807, 2.05) is 38.2 Å². The van der Waals surface area contributed by atoms with Crippen molar-refractivity contribution in [2.75, 3.05) is 42.6 Å². The third kappa shape index (κ3) is 5.65. The van der Waals surface area contributed by atoms with E-state index in [-0.39, 0.29) is 36.4 Å². The zero-order valence-corrected chi connectivity index (χ0v) is 25.3. The van der Waals surface area contributed by atoms with Crippen molar-refractivity contribution >= 4 is 31.5 Å². The number of fused-ring (bicyclic) bond motifs is 2. The monoisotopic (exact) mass is 555 g/mol. The maximum atomic E-state index is 14.4. The van der Waals surface area contributed by atoms with Gasteiger partial charge in [0.2, 0.25) is 5.91 Å². The molecule has 3 N–H and O–H groups in total. The smallest absolute Gasteiger partial charge is 0.264 e. The first-order valence-electron chi connectivity index (χ1n) is 14.2. The zero-order valence-electron chi connectivity index (χ0n) is 24.3. The third-order valence-electron chi connectivity index (χ3n) is 8.50. The van der Waals surface area contributed by atoms with Crippen LogP contribution in [-0.2, 0) is 19.9 Å². The molecule has 4 atom stereocenters. The summed E-state index contributed by atoms with van der Waals surface area (Å²) in [5.74, 6) is -0.439. The largest absolute Gasteiger partial charge is 0.432 e. The summed E-state index contributed by atoms with van der Waals surface area (Å²) in [4.78, 5) is 42.0. The van der Waals surface area contributed by atoms with Crippen LogP contribution in [0, 0.1) is 5.92 Å². The molecule has 0 bridgehead atoms. The number of carbonyl (C=O) groups is 2. The first kappa shape index (κ1) is 29.7. The molecule has 39 heavy (non-hydrogen) atoms. The number of nitrogens with one attached hydrogen (secondary N) is 1. The molecule has 9 heteroatoms. The Hall–Kier alpha value is -2.30. The number of ether oxygens (including phenoxy) is 1. The number of anilines is 2. The van der Waals surface area contributed by atoms with Gasteiger partial charge in [-0.2, -0.15) is 0 Å². The van der Waals surface area contributed by atoms with Gasteiger partial charge < -0.3 is 29.8 Å². The molecule has 3 aliphatic heterocycles. The van der Waals surface area contributed by atoms with Gasteiger partial charge in [-0.25, -0.2) is 0 Å². The van der Waals surface area contributed by atoms with E-state index in [4.69, 9.17) is 4.74 Å². The molecular weight excluding hydrogens is 510 g/mol. The highest BCUT2D eigenvalue weighted by molar-refractivity contribution is 6.71. The summed E-state index contributed by atoms with van der Waals surface area (Å²) in [7, 11) is -2.77. The van der Waals surface area contributed by atoms with Crippen molar-refractivity contribution in [1.82, 2.24) is 5.32 Å². The highest BCUT2D eigenvalue weighted by atomic mass is 28.4. The lowest BCUT2D eigenvalue weighted by Crippen LogP contribution is -2.48. The van der Waals surface area contributed by atoms with E-state index in [2.05, 4.69) is 38.2 Å². The number of carbonyl (C=O) groups excluding carboxylic acids is 2. The molecule has 1 spiro atoms. The second-order valence-corrected chi connectivity index (χ2v) is 16.1. The maximum absolute atomic E-state index is 14.4. The van der Waals surface area contributed by atoms with Crippen molar-refractivity contribution in [2.45, 2.75) is 77.3 Å². The molecule has 2 amide bonds. The Labute approximate surface area is 233 Å². The van der Waals surface area contributed by atoms with Crippen LogP contribution in [0.3, 0.4) is 0 Å². The first-order chi connectivity index (χ1) is 18.4. The number of hydrogen-bond acceptors (Lipinski definition) is 6. The van der Waals surface area contributed by atoms with E-state index < -0.39 is 20.0 Å². The second kappa shape index (κ2) is 11.7. The standard InChI is InChI=1S/C30H45N3O5Si/c1-20(2)8-7-9-21(3)12-15-33-25-11-10-23(32-16-14-31-19-27(32)35)18-24(25)30(29(33)36)22(4)28(39(5,6)37)26(38-30)13-17-34/h8,10-12,18,22,26,28,31,34,37H,7,9,13-17,19H2,1-6H3/b21-12+/t22-,26+,28-,30+/m0/s1. The molecule has 1 aromatic rings. The van der Waals surface area contributed by atoms with Crippen LogP contribution in [0.25, 0.3) is 0 Å². The van der Waals surface area contributed by atoms with Crippen molar-refractivity contribution in [1.29, 1.82) is 0 Å². The number of amides is 2. The molecule has 0 saturated carbocycles. The van der Waals surface area contributed by atoms with Crippen LogP contribution in [0.2, 0.25) is 18.6 Å². The third-order valence-corrected chi connectivity index (χ3v) is 11.0. The number of allylic oxidation sites excluding steroid dienone is 3. The summed E-state index contributed by atoms with van der Waals surface area (Å²) in [5.41, 5.74) is 3.29. The number of aliphatic hydroxyl groups is 1. The zero-order chi connectivity index (χ0) is 28.5.